The van der Waals surface area contributed by atoms with Crippen molar-refractivity contribution in [1.29, 1.82) is 0 Å². The molecule has 4 rings (SSSR count). The summed E-state index contributed by atoms with van der Waals surface area (Å²) in [6, 6.07) is 16.1. The van der Waals surface area contributed by atoms with E-state index in [1.165, 1.54) is 12.8 Å². The number of hydrogen-bond donors (Lipinski definition) is 0. The second kappa shape index (κ2) is 9.09. The molecule has 0 saturated carbocycles. The van der Waals surface area contributed by atoms with E-state index in [2.05, 4.69) is 15.9 Å². The van der Waals surface area contributed by atoms with Crippen LogP contribution in [0.15, 0.2) is 48.5 Å². The molecule has 2 aliphatic heterocycles. The van der Waals surface area contributed by atoms with Crippen LogP contribution in [0.25, 0.3) is 0 Å². The molecule has 0 bridgehead atoms. The van der Waals surface area contributed by atoms with Gasteiger partial charge in [0.2, 0.25) is 5.91 Å². The maximum absolute atomic E-state index is 12.8. The Hall–Kier alpha value is -2.53. The lowest BCUT2D eigenvalue weighted by molar-refractivity contribution is -0.130. The maximum Gasteiger partial charge on any atom is 0.227 e. The van der Waals surface area contributed by atoms with Crippen molar-refractivity contribution in [2.75, 3.05) is 40.4 Å². The Labute approximate surface area is 179 Å². The lowest BCUT2D eigenvalue weighted by Crippen LogP contribution is -2.45. The van der Waals surface area contributed by atoms with E-state index in [0.29, 0.717) is 6.42 Å². The summed E-state index contributed by atoms with van der Waals surface area (Å²) in [6.07, 6.45) is 3.97. The van der Waals surface area contributed by atoms with E-state index in [1.54, 1.807) is 14.2 Å². The number of likely N-dealkylation sites (tertiary alicyclic amines) is 2. The van der Waals surface area contributed by atoms with Crippen molar-refractivity contribution in [3.05, 3.63) is 59.7 Å². The first kappa shape index (κ1) is 20.7. The minimum absolute atomic E-state index is 0.219. The zero-order chi connectivity index (χ0) is 21.0. The molecule has 2 saturated heterocycles. The number of nitrogens with zero attached hydrogens (tertiary/aromatic N) is 2. The van der Waals surface area contributed by atoms with Crippen LogP contribution in [0.2, 0.25) is 0 Å². The largest absolute Gasteiger partial charge is 0.493 e. The van der Waals surface area contributed by atoms with Crippen molar-refractivity contribution in [3.63, 3.8) is 0 Å². The number of carbonyl (C=O) groups is 1. The lowest BCUT2D eigenvalue weighted by atomic mass is 9.79. The molecule has 2 heterocycles. The molecule has 0 radical (unpaired) electrons. The standard InChI is InChI=1S/C25H32N2O3/c1-29-22-11-6-10-21(24(22)30-2)17-26-14-7-12-25(18-26)13-15-27(19-25)23(28)16-20-8-4-3-5-9-20/h3-6,8-11H,7,12-19H2,1-2H3/t25-/m0/s1. The second-order valence-electron chi connectivity index (χ2n) is 8.69. The molecule has 2 aromatic rings. The van der Waals surface area contributed by atoms with Gasteiger partial charge in [-0.25, -0.2) is 0 Å². The lowest BCUT2D eigenvalue weighted by Gasteiger charge is -2.40. The molecule has 30 heavy (non-hydrogen) atoms. The molecule has 1 atom stereocenters. The maximum atomic E-state index is 12.8. The van der Waals surface area contributed by atoms with Gasteiger partial charge in [-0.3, -0.25) is 9.69 Å². The Bertz CT molecular complexity index is 870. The molecule has 1 amide bonds. The van der Waals surface area contributed by atoms with E-state index < -0.39 is 0 Å². The molecule has 0 aliphatic carbocycles. The van der Waals surface area contributed by atoms with E-state index in [0.717, 1.165) is 61.8 Å². The third-order valence-electron chi connectivity index (χ3n) is 6.61. The SMILES string of the molecule is COc1cccc(CN2CCC[C@]3(CCN(C(=O)Cc4ccccc4)C3)C2)c1OC. The van der Waals surface area contributed by atoms with Crippen LogP contribution in [-0.2, 0) is 17.8 Å². The third-order valence-corrected chi connectivity index (χ3v) is 6.61. The van der Waals surface area contributed by atoms with Gasteiger partial charge in [0, 0.05) is 37.2 Å². The van der Waals surface area contributed by atoms with Gasteiger partial charge in [-0.1, -0.05) is 42.5 Å². The van der Waals surface area contributed by atoms with Crippen molar-refractivity contribution >= 4 is 5.91 Å². The Morgan fingerprint density at radius 3 is 2.57 bits per heavy atom. The number of piperidine rings is 1. The minimum Gasteiger partial charge on any atom is -0.493 e. The number of ether oxygens (including phenoxy) is 2. The molecule has 2 fully saturated rings. The van der Waals surface area contributed by atoms with Gasteiger partial charge in [-0.2, -0.15) is 0 Å². The predicted molar refractivity (Wildman–Crippen MR) is 118 cm³/mol. The summed E-state index contributed by atoms with van der Waals surface area (Å²) in [7, 11) is 3.38. The van der Waals surface area contributed by atoms with Crippen LogP contribution >= 0.6 is 0 Å². The summed E-state index contributed by atoms with van der Waals surface area (Å²) < 4.78 is 11.1. The average molecular weight is 409 g/mol. The fraction of sp³-hybridized carbons (Fsp3) is 0.480. The normalized spacial score (nSPS) is 21.7. The monoisotopic (exact) mass is 408 g/mol. The Kier molecular flexibility index (Phi) is 6.28. The quantitative estimate of drug-likeness (QED) is 0.730. The number of benzene rings is 2. The van der Waals surface area contributed by atoms with Crippen LogP contribution in [-0.4, -0.2) is 56.1 Å². The summed E-state index contributed by atoms with van der Waals surface area (Å²) >= 11 is 0. The third kappa shape index (κ3) is 4.46. The van der Waals surface area contributed by atoms with E-state index in [1.807, 2.05) is 42.5 Å². The van der Waals surface area contributed by atoms with Crippen LogP contribution in [0.1, 0.15) is 30.4 Å². The van der Waals surface area contributed by atoms with Crippen LogP contribution in [0.4, 0.5) is 0 Å². The van der Waals surface area contributed by atoms with E-state index in [9.17, 15) is 4.79 Å². The minimum atomic E-state index is 0.219. The predicted octanol–water partition coefficient (Wildman–Crippen LogP) is 3.76. The fourth-order valence-electron chi connectivity index (χ4n) is 5.13. The molecular weight excluding hydrogens is 376 g/mol. The van der Waals surface area contributed by atoms with Gasteiger partial charge in [0.15, 0.2) is 11.5 Å². The van der Waals surface area contributed by atoms with Gasteiger partial charge in [-0.15, -0.1) is 0 Å². The summed E-state index contributed by atoms with van der Waals surface area (Å²) in [5.41, 5.74) is 2.47. The number of para-hydroxylation sites is 1. The molecule has 2 aromatic carbocycles. The summed E-state index contributed by atoms with van der Waals surface area (Å²) in [6.45, 7) is 4.72. The Morgan fingerprint density at radius 2 is 1.80 bits per heavy atom. The van der Waals surface area contributed by atoms with E-state index in [-0.39, 0.29) is 11.3 Å². The van der Waals surface area contributed by atoms with Gasteiger partial charge in [0.05, 0.1) is 20.6 Å². The summed E-state index contributed by atoms with van der Waals surface area (Å²) in [5.74, 6) is 1.86. The first-order valence-electron chi connectivity index (χ1n) is 10.9. The zero-order valence-electron chi connectivity index (χ0n) is 18.1. The molecule has 0 aromatic heterocycles. The number of methoxy groups -OCH3 is 2. The van der Waals surface area contributed by atoms with Crippen molar-refractivity contribution in [2.24, 2.45) is 5.41 Å². The van der Waals surface area contributed by atoms with Crippen LogP contribution in [0.5, 0.6) is 11.5 Å². The van der Waals surface area contributed by atoms with Gasteiger partial charge in [-0.05, 0) is 37.4 Å². The number of hydrogen-bond acceptors (Lipinski definition) is 4. The molecule has 0 unspecified atom stereocenters. The Morgan fingerprint density at radius 1 is 0.967 bits per heavy atom. The highest BCUT2D eigenvalue weighted by Crippen LogP contribution is 2.40. The Balaban J connectivity index is 1.40. The van der Waals surface area contributed by atoms with E-state index in [4.69, 9.17) is 9.47 Å². The molecule has 1 spiro atoms. The molecular formula is C25H32N2O3. The van der Waals surface area contributed by atoms with Crippen molar-refractivity contribution in [3.8, 4) is 11.5 Å². The van der Waals surface area contributed by atoms with E-state index >= 15 is 0 Å². The number of carbonyl (C=O) groups excluding carboxylic acids is 1. The van der Waals surface area contributed by atoms with Crippen molar-refractivity contribution < 1.29 is 14.3 Å². The van der Waals surface area contributed by atoms with Crippen LogP contribution < -0.4 is 9.47 Å². The highest BCUT2D eigenvalue weighted by atomic mass is 16.5. The second-order valence-corrected chi connectivity index (χ2v) is 8.69. The molecule has 5 nitrogen and oxygen atoms in total. The van der Waals surface area contributed by atoms with Crippen molar-refractivity contribution in [1.82, 2.24) is 9.80 Å². The molecule has 160 valence electrons. The van der Waals surface area contributed by atoms with Gasteiger partial charge in [0.25, 0.3) is 0 Å². The molecule has 0 N–H and O–H groups in total. The average Bonchev–Trinajstić information content (AvgIpc) is 3.17. The van der Waals surface area contributed by atoms with Gasteiger partial charge >= 0.3 is 0 Å². The highest BCUT2D eigenvalue weighted by Gasteiger charge is 2.42. The van der Waals surface area contributed by atoms with Crippen LogP contribution in [0, 0.1) is 5.41 Å². The smallest absolute Gasteiger partial charge is 0.227 e. The first-order chi connectivity index (χ1) is 14.6. The number of amides is 1. The highest BCUT2D eigenvalue weighted by molar-refractivity contribution is 5.79. The molecule has 5 heteroatoms. The summed E-state index contributed by atoms with van der Waals surface area (Å²) in [5, 5.41) is 0. The zero-order valence-corrected chi connectivity index (χ0v) is 18.1. The topological polar surface area (TPSA) is 42.0 Å². The number of rotatable bonds is 6. The first-order valence-corrected chi connectivity index (χ1v) is 10.9. The van der Waals surface area contributed by atoms with Gasteiger partial charge < -0.3 is 14.4 Å². The molecule has 2 aliphatic rings. The summed E-state index contributed by atoms with van der Waals surface area (Å²) in [4.78, 5) is 17.5. The van der Waals surface area contributed by atoms with Crippen LogP contribution in [0.3, 0.4) is 0 Å². The van der Waals surface area contributed by atoms with Crippen molar-refractivity contribution in [2.45, 2.75) is 32.2 Å². The fourth-order valence-corrected chi connectivity index (χ4v) is 5.13. The van der Waals surface area contributed by atoms with Gasteiger partial charge in [0.1, 0.15) is 0 Å².